The predicted molar refractivity (Wildman–Crippen MR) is 91.4 cm³/mol. The van der Waals surface area contributed by atoms with E-state index in [4.69, 9.17) is 16.3 Å². The second-order valence-electron chi connectivity index (χ2n) is 5.27. The minimum atomic E-state index is -3.28. The van der Waals surface area contributed by atoms with E-state index >= 15 is 0 Å². The van der Waals surface area contributed by atoms with Crippen LogP contribution in [0.3, 0.4) is 0 Å². The van der Waals surface area contributed by atoms with Gasteiger partial charge in [-0.05, 0) is 11.5 Å². The Balaban J connectivity index is 1.64. The molecule has 2 aromatic rings. The number of fused-ring (bicyclic) bond motifs is 1. The van der Waals surface area contributed by atoms with Crippen LogP contribution in [0.25, 0.3) is 10.8 Å². The molecular formula is C15H18ClN3O3S. The summed E-state index contributed by atoms with van der Waals surface area (Å²) in [5.41, 5.74) is 0. The van der Waals surface area contributed by atoms with E-state index in [0.717, 1.165) is 10.8 Å². The molecular weight excluding hydrogens is 338 g/mol. The quantitative estimate of drug-likeness (QED) is 0.830. The van der Waals surface area contributed by atoms with Crippen molar-refractivity contribution in [2.24, 2.45) is 0 Å². The van der Waals surface area contributed by atoms with Crippen molar-refractivity contribution in [2.75, 3.05) is 43.9 Å². The van der Waals surface area contributed by atoms with Crippen molar-refractivity contribution < 1.29 is 13.2 Å². The van der Waals surface area contributed by atoms with Gasteiger partial charge in [-0.3, -0.25) is 0 Å². The summed E-state index contributed by atoms with van der Waals surface area (Å²) in [6, 6.07) is 9.53. The summed E-state index contributed by atoms with van der Waals surface area (Å²) in [6.07, 6.45) is 0. The first-order valence-electron chi connectivity index (χ1n) is 7.41. The predicted octanol–water partition coefficient (Wildman–Crippen LogP) is 1.96. The first-order chi connectivity index (χ1) is 11.1. The van der Waals surface area contributed by atoms with Crippen LogP contribution in [0, 0.1) is 0 Å². The molecule has 0 atom stereocenters. The lowest BCUT2D eigenvalue weighted by molar-refractivity contribution is 0.0731. The molecule has 0 aliphatic carbocycles. The van der Waals surface area contributed by atoms with Crippen LogP contribution in [-0.4, -0.2) is 56.3 Å². The molecule has 0 spiro atoms. The summed E-state index contributed by atoms with van der Waals surface area (Å²) in [5.74, 6) is 0.588. The standard InChI is InChI=1S/C15H18ClN3O3S/c16-15-13-4-2-1-3-12(13)11-14(18-15)17-5-10-23(20,21)19-6-8-22-9-7-19/h1-4,11H,5-10H2,(H,17,18). The SMILES string of the molecule is O=S(=O)(CCNc1cc2ccccc2c(Cl)n1)N1CCOCC1. The lowest BCUT2D eigenvalue weighted by atomic mass is 10.2. The molecule has 1 aromatic carbocycles. The van der Waals surface area contributed by atoms with Crippen molar-refractivity contribution in [1.29, 1.82) is 0 Å². The van der Waals surface area contributed by atoms with Crippen LogP contribution in [-0.2, 0) is 14.8 Å². The number of sulfonamides is 1. The molecule has 0 bridgehead atoms. The Morgan fingerprint density at radius 3 is 2.78 bits per heavy atom. The van der Waals surface area contributed by atoms with E-state index in [2.05, 4.69) is 10.3 Å². The lowest BCUT2D eigenvalue weighted by Gasteiger charge is -2.26. The molecule has 3 rings (SSSR count). The van der Waals surface area contributed by atoms with Gasteiger partial charge in [-0.1, -0.05) is 35.9 Å². The highest BCUT2D eigenvalue weighted by molar-refractivity contribution is 7.89. The van der Waals surface area contributed by atoms with Crippen molar-refractivity contribution in [3.63, 3.8) is 0 Å². The number of anilines is 1. The number of nitrogens with zero attached hydrogens (tertiary/aromatic N) is 2. The van der Waals surface area contributed by atoms with Gasteiger partial charge in [0.05, 0.1) is 19.0 Å². The molecule has 124 valence electrons. The highest BCUT2D eigenvalue weighted by Crippen LogP contribution is 2.24. The van der Waals surface area contributed by atoms with Crippen molar-refractivity contribution in [3.8, 4) is 0 Å². The number of pyridine rings is 1. The monoisotopic (exact) mass is 355 g/mol. The smallest absolute Gasteiger partial charge is 0.215 e. The molecule has 2 heterocycles. The largest absolute Gasteiger partial charge is 0.379 e. The molecule has 0 amide bonds. The Morgan fingerprint density at radius 2 is 2.00 bits per heavy atom. The molecule has 0 saturated carbocycles. The van der Waals surface area contributed by atoms with Gasteiger partial charge in [-0.15, -0.1) is 0 Å². The molecule has 8 heteroatoms. The molecule has 0 radical (unpaired) electrons. The van der Waals surface area contributed by atoms with E-state index in [-0.39, 0.29) is 12.3 Å². The number of morpholine rings is 1. The van der Waals surface area contributed by atoms with Gasteiger partial charge in [0.15, 0.2) is 0 Å². The van der Waals surface area contributed by atoms with Crippen LogP contribution in [0.2, 0.25) is 5.15 Å². The molecule has 0 unspecified atom stereocenters. The second kappa shape index (κ2) is 7.00. The number of hydrogen-bond donors (Lipinski definition) is 1. The fourth-order valence-corrected chi connectivity index (χ4v) is 4.10. The summed E-state index contributed by atoms with van der Waals surface area (Å²) in [4.78, 5) is 4.26. The van der Waals surface area contributed by atoms with E-state index in [1.54, 1.807) is 0 Å². The van der Waals surface area contributed by atoms with Crippen molar-refractivity contribution in [3.05, 3.63) is 35.5 Å². The van der Waals surface area contributed by atoms with E-state index in [0.29, 0.717) is 37.3 Å². The molecule has 23 heavy (non-hydrogen) atoms. The highest BCUT2D eigenvalue weighted by atomic mass is 35.5. The van der Waals surface area contributed by atoms with E-state index in [1.165, 1.54) is 4.31 Å². The third-order valence-electron chi connectivity index (χ3n) is 3.72. The van der Waals surface area contributed by atoms with Gasteiger partial charge in [0.25, 0.3) is 0 Å². The summed E-state index contributed by atoms with van der Waals surface area (Å²) in [7, 11) is -3.28. The fourth-order valence-electron chi connectivity index (χ4n) is 2.51. The average Bonchev–Trinajstić information content (AvgIpc) is 2.56. The number of hydrogen-bond acceptors (Lipinski definition) is 5. The summed E-state index contributed by atoms with van der Waals surface area (Å²) in [5, 5.41) is 5.28. The molecule has 1 aliphatic rings. The van der Waals surface area contributed by atoms with Crippen LogP contribution in [0.1, 0.15) is 0 Å². The minimum absolute atomic E-state index is 0.0130. The van der Waals surface area contributed by atoms with Gasteiger partial charge in [0, 0.05) is 25.0 Å². The van der Waals surface area contributed by atoms with Crippen molar-refractivity contribution in [2.45, 2.75) is 0 Å². The van der Waals surface area contributed by atoms with Crippen LogP contribution in [0.5, 0.6) is 0 Å². The van der Waals surface area contributed by atoms with Gasteiger partial charge in [0.2, 0.25) is 10.0 Å². The topological polar surface area (TPSA) is 71.5 Å². The zero-order valence-corrected chi connectivity index (χ0v) is 14.1. The maximum atomic E-state index is 12.2. The summed E-state index contributed by atoms with van der Waals surface area (Å²) < 4.78 is 31.1. The number of aromatic nitrogens is 1. The number of halogens is 1. The zero-order valence-electron chi connectivity index (χ0n) is 12.5. The van der Waals surface area contributed by atoms with Crippen LogP contribution in [0.4, 0.5) is 5.82 Å². The molecule has 1 saturated heterocycles. The minimum Gasteiger partial charge on any atom is -0.379 e. The average molecular weight is 356 g/mol. The molecule has 1 N–H and O–H groups in total. The van der Waals surface area contributed by atoms with Gasteiger partial charge < -0.3 is 10.1 Å². The Labute approximate surface area is 140 Å². The van der Waals surface area contributed by atoms with Crippen molar-refractivity contribution >= 4 is 38.2 Å². The normalized spacial score (nSPS) is 16.6. The van der Waals surface area contributed by atoms with Gasteiger partial charge >= 0.3 is 0 Å². The fraction of sp³-hybridized carbons (Fsp3) is 0.400. The Bertz CT molecular complexity index is 792. The maximum Gasteiger partial charge on any atom is 0.215 e. The third kappa shape index (κ3) is 3.92. The van der Waals surface area contributed by atoms with Crippen LogP contribution >= 0.6 is 11.6 Å². The molecule has 1 fully saturated rings. The van der Waals surface area contributed by atoms with E-state index in [1.807, 2.05) is 30.3 Å². The lowest BCUT2D eigenvalue weighted by Crippen LogP contribution is -2.42. The van der Waals surface area contributed by atoms with Gasteiger partial charge in [-0.2, -0.15) is 4.31 Å². The van der Waals surface area contributed by atoms with Crippen molar-refractivity contribution in [1.82, 2.24) is 9.29 Å². The van der Waals surface area contributed by atoms with Crippen LogP contribution in [0.15, 0.2) is 30.3 Å². The van der Waals surface area contributed by atoms with Gasteiger partial charge in [-0.25, -0.2) is 13.4 Å². The van der Waals surface area contributed by atoms with Crippen LogP contribution < -0.4 is 5.32 Å². The Hall–Kier alpha value is -1.41. The third-order valence-corrected chi connectivity index (χ3v) is 5.88. The second-order valence-corrected chi connectivity index (χ2v) is 7.72. The molecule has 6 nitrogen and oxygen atoms in total. The zero-order chi connectivity index (χ0) is 16.3. The van der Waals surface area contributed by atoms with E-state index in [9.17, 15) is 8.42 Å². The van der Waals surface area contributed by atoms with E-state index < -0.39 is 10.0 Å². The number of benzene rings is 1. The maximum absolute atomic E-state index is 12.2. The number of ether oxygens (including phenoxy) is 1. The molecule has 1 aromatic heterocycles. The Kier molecular flexibility index (Phi) is 5.01. The first-order valence-corrected chi connectivity index (χ1v) is 9.40. The highest BCUT2D eigenvalue weighted by Gasteiger charge is 2.23. The summed E-state index contributed by atoms with van der Waals surface area (Å²) in [6.45, 7) is 2.02. The summed E-state index contributed by atoms with van der Waals surface area (Å²) >= 11 is 6.16. The number of rotatable bonds is 5. The number of nitrogens with one attached hydrogen (secondary N) is 1. The first kappa shape index (κ1) is 16.4. The Morgan fingerprint density at radius 1 is 1.26 bits per heavy atom. The van der Waals surface area contributed by atoms with Gasteiger partial charge in [0.1, 0.15) is 11.0 Å². The molecule has 1 aliphatic heterocycles.